The second kappa shape index (κ2) is 4.00. The number of hydrogen-bond acceptors (Lipinski definition) is 3. The van der Waals surface area contributed by atoms with E-state index < -0.39 is 11.8 Å². The first-order valence-electron chi connectivity index (χ1n) is 3.93. The highest BCUT2D eigenvalue weighted by Crippen LogP contribution is 2.15. The number of benzene rings is 1. The lowest BCUT2D eigenvalue weighted by molar-refractivity contribution is 0.0593. The number of methoxy groups -OCH3 is 1. The van der Waals surface area contributed by atoms with Gasteiger partial charge in [-0.1, -0.05) is 0 Å². The van der Waals surface area contributed by atoms with Crippen LogP contribution >= 0.6 is 0 Å². The summed E-state index contributed by atoms with van der Waals surface area (Å²) in [6.45, 7) is 1.64. The second-order valence-electron chi connectivity index (χ2n) is 2.82. The van der Waals surface area contributed by atoms with Gasteiger partial charge in [0.2, 0.25) is 0 Å². The highest BCUT2D eigenvalue weighted by atomic mass is 19.1. The number of carbonyl (C=O) groups is 2. The summed E-state index contributed by atoms with van der Waals surface area (Å²) in [6, 6.07) is 2.61. The Morgan fingerprint density at radius 2 is 2.14 bits per heavy atom. The fourth-order valence-corrected chi connectivity index (χ4v) is 1.18. The van der Waals surface area contributed by atoms with Crippen LogP contribution in [0.1, 0.15) is 26.3 Å². The van der Waals surface area contributed by atoms with Crippen molar-refractivity contribution in [2.24, 2.45) is 0 Å². The second-order valence-corrected chi connectivity index (χ2v) is 2.82. The molecule has 0 aliphatic rings. The number of carbonyl (C=O) groups excluding carboxylic acids is 2. The monoisotopic (exact) mass is 196 g/mol. The smallest absolute Gasteiger partial charge is 0.341 e. The first kappa shape index (κ1) is 10.4. The van der Waals surface area contributed by atoms with Crippen LogP contribution in [0.15, 0.2) is 12.1 Å². The minimum atomic E-state index is -0.843. The fraction of sp³-hybridized carbons (Fsp3) is 0.200. The van der Waals surface area contributed by atoms with Crippen molar-refractivity contribution >= 4 is 12.3 Å². The van der Waals surface area contributed by atoms with Crippen LogP contribution in [0.3, 0.4) is 0 Å². The van der Waals surface area contributed by atoms with Gasteiger partial charge >= 0.3 is 5.97 Å². The molecule has 0 radical (unpaired) electrons. The van der Waals surface area contributed by atoms with Crippen molar-refractivity contribution in [2.45, 2.75) is 6.92 Å². The molecule has 0 unspecified atom stereocenters. The molecule has 0 aliphatic carbocycles. The Morgan fingerprint density at radius 1 is 1.50 bits per heavy atom. The van der Waals surface area contributed by atoms with E-state index >= 15 is 0 Å². The maximum absolute atomic E-state index is 13.3. The van der Waals surface area contributed by atoms with Crippen LogP contribution in [0, 0.1) is 12.7 Å². The molecule has 4 heteroatoms. The van der Waals surface area contributed by atoms with Crippen molar-refractivity contribution in [3.05, 3.63) is 34.6 Å². The van der Waals surface area contributed by atoms with Crippen molar-refractivity contribution in [3.63, 3.8) is 0 Å². The quantitative estimate of drug-likeness (QED) is 0.534. The SMILES string of the molecule is COC(=O)c1c(F)cc(C)cc1C=O. The molecule has 3 nitrogen and oxygen atoms in total. The van der Waals surface area contributed by atoms with Gasteiger partial charge in [-0.25, -0.2) is 9.18 Å². The van der Waals surface area contributed by atoms with E-state index in [1.54, 1.807) is 6.92 Å². The van der Waals surface area contributed by atoms with E-state index in [0.717, 1.165) is 7.11 Å². The number of ether oxygens (including phenoxy) is 1. The van der Waals surface area contributed by atoms with E-state index in [0.29, 0.717) is 11.8 Å². The molecule has 0 N–H and O–H groups in total. The summed E-state index contributed by atoms with van der Waals surface area (Å²) >= 11 is 0. The third-order valence-electron chi connectivity index (χ3n) is 1.78. The molecular formula is C10H9FO3. The van der Waals surface area contributed by atoms with E-state index in [-0.39, 0.29) is 11.1 Å². The summed E-state index contributed by atoms with van der Waals surface area (Å²) in [7, 11) is 1.14. The zero-order valence-corrected chi connectivity index (χ0v) is 7.83. The molecule has 0 aliphatic heterocycles. The third-order valence-corrected chi connectivity index (χ3v) is 1.78. The lowest BCUT2D eigenvalue weighted by Crippen LogP contribution is -2.09. The van der Waals surface area contributed by atoms with Gasteiger partial charge in [0, 0.05) is 5.56 Å². The third kappa shape index (κ3) is 1.79. The molecule has 14 heavy (non-hydrogen) atoms. The van der Waals surface area contributed by atoms with Crippen LogP contribution in [0.25, 0.3) is 0 Å². The zero-order valence-electron chi connectivity index (χ0n) is 7.83. The summed E-state index contributed by atoms with van der Waals surface area (Å²) in [6.07, 6.45) is 0.433. The van der Waals surface area contributed by atoms with Crippen LogP contribution in [0.5, 0.6) is 0 Å². The number of halogens is 1. The summed E-state index contributed by atoms with van der Waals surface area (Å²) in [4.78, 5) is 21.7. The van der Waals surface area contributed by atoms with Crippen molar-refractivity contribution in [2.75, 3.05) is 7.11 Å². The molecule has 0 saturated carbocycles. The summed E-state index contributed by atoms with van der Waals surface area (Å²) < 4.78 is 17.6. The summed E-state index contributed by atoms with van der Waals surface area (Å²) in [5, 5.41) is 0. The molecule has 1 aromatic carbocycles. The molecular weight excluding hydrogens is 187 g/mol. The van der Waals surface area contributed by atoms with E-state index in [9.17, 15) is 14.0 Å². The lowest BCUT2D eigenvalue weighted by atomic mass is 10.0. The maximum Gasteiger partial charge on any atom is 0.341 e. The van der Waals surface area contributed by atoms with Gasteiger partial charge in [-0.2, -0.15) is 0 Å². The average Bonchev–Trinajstić information content (AvgIpc) is 2.15. The predicted octanol–water partition coefficient (Wildman–Crippen LogP) is 1.73. The van der Waals surface area contributed by atoms with Crippen LogP contribution in [0.4, 0.5) is 4.39 Å². The maximum atomic E-state index is 13.3. The fourth-order valence-electron chi connectivity index (χ4n) is 1.18. The molecule has 1 rings (SSSR count). The first-order chi connectivity index (χ1) is 6.60. The Labute approximate surface area is 80.5 Å². The van der Waals surface area contributed by atoms with E-state index in [2.05, 4.69) is 4.74 Å². The Balaban J connectivity index is 3.39. The van der Waals surface area contributed by atoms with Crippen LogP contribution < -0.4 is 0 Å². The molecule has 0 amide bonds. The van der Waals surface area contributed by atoms with E-state index in [4.69, 9.17) is 0 Å². The number of aryl methyl sites for hydroxylation is 1. The Morgan fingerprint density at radius 3 is 2.64 bits per heavy atom. The minimum absolute atomic E-state index is 0.00866. The molecule has 0 spiro atoms. The highest BCUT2D eigenvalue weighted by molar-refractivity contribution is 5.98. The van der Waals surface area contributed by atoms with E-state index in [1.807, 2.05) is 0 Å². The summed E-state index contributed by atoms with van der Waals surface area (Å²) in [5.41, 5.74) is 0.278. The number of rotatable bonds is 2. The number of aldehydes is 1. The van der Waals surface area contributed by atoms with Gasteiger partial charge in [-0.05, 0) is 24.6 Å². The number of esters is 1. The van der Waals surface area contributed by atoms with Crippen molar-refractivity contribution < 1.29 is 18.7 Å². The normalized spacial score (nSPS) is 9.64. The Kier molecular flexibility index (Phi) is 2.96. The first-order valence-corrected chi connectivity index (χ1v) is 3.93. The van der Waals surface area contributed by atoms with Gasteiger partial charge in [0.25, 0.3) is 0 Å². The van der Waals surface area contributed by atoms with E-state index in [1.165, 1.54) is 12.1 Å². The average molecular weight is 196 g/mol. The van der Waals surface area contributed by atoms with Crippen LogP contribution in [-0.4, -0.2) is 19.4 Å². The molecule has 0 heterocycles. The standard InChI is InChI=1S/C10H9FO3/c1-6-3-7(5-12)9(8(11)4-6)10(13)14-2/h3-5H,1-2H3. The van der Waals surface area contributed by atoms with Crippen molar-refractivity contribution in [3.8, 4) is 0 Å². The van der Waals surface area contributed by atoms with Crippen LogP contribution in [-0.2, 0) is 4.74 Å². The minimum Gasteiger partial charge on any atom is -0.465 e. The lowest BCUT2D eigenvalue weighted by Gasteiger charge is -2.05. The van der Waals surface area contributed by atoms with Gasteiger partial charge in [0.05, 0.1) is 7.11 Å². The predicted molar refractivity (Wildman–Crippen MR) is 47.9 cm³/mol. The molecule has 0 bridgehead atoms. The number of hydrogen-bond donors (Lipinski definition) is 0. The van der Waals surface area contributed by atoms with Gasteiger partial charge in [-0.3, -0.25) is 4.79 Å². The molecule has 74 valence electrons. The van der Waals surface area contributed by atoms with Crippen molar-refractivity contribution in [1.29, 1.82) is 0 Å². The molecule has 0 fully saturated rings. The topological polar surface area (TPSA) is 43.4 Å². The highest BCUT2D eigenvalue weighted by Gasteiger charge is 2.17. The van der Waals surface area contributed by atoms with Gasteiger partial charge in [-0.15, -0.1) is 0 Å². The van der Waals surface area contributed by atoms with Gasteiger partial charge < -0.3 is 4.74 Å². The molecule has 1 aromatic rings. The summed E-state index contributed by atoms with van der Waals surface area (Å²) in [5.74, 6) is -1.58. The van der Waals surface area contributed by atoms with Crippen molar-refractivity contribution in [1.82, 2.24) is 0 Å². The zero-order chi connectivity index (χ0) is 10.7. The molecule has 0 saturated heterocycles. The molecule has 0 aromatic heterocycles. The van der Waals surface area contributed by atoms with Crippen LogP contribution in [0.2, 0.25) is 0 Å². The molecule has 0 atom stereocenters. The van der Waals surface area contributed by atoms with Gasteiger partial charge in [0.1, 0.15) is 11.4 Å². The Bertz CT molecular complexity index is 385. The van der Waals surface area contributed by atoms with Gasteiger partial charge in [0.15, 0.2) is 6.29 Å². The largest absolute Gasteiger partial charge is 0.465 e. The Hall–Kier alpha value is -1.71.